The fourth-order valence-electron chi connectivity index (χ4n) is 7.64. The van der Waals surface area contributed by atoms with Crippen LogP contribution in [0.3, 0.4) is 0 Å². The van der Waals surface area contributed by atoms with Crippen molar-refractivity contribution < 1.29 is 18.9 Å². The summed E-state index contributed by atoms with van der Waals surface area (Å²) < 4.78 is 28.5. The van der Waals surface area contributed by atoms with E-state index in [0.29, 0.717) is 38.8 Å². The topological polar surface area (TPSA) is 104 Å². The summed E-state index contributed by atoms with van der Waals surface area (Å²) in [5.41, 5.74) is 4.20. The molecule has 0 N–H and O–H groups in total. The second kappa shape index (κ2) is 24.8. The van der Waals surface area contributed by atoms with Crippen LogP contribution in [0, 0.1) is 0 Å². The van der Waals surface area contributed by atoms with Crippen LogP contribution in [-0.4, -0.2) is 126 Å². The number of aromatic nitrogens is 6. The molecule has 5 heterocycles. The highest BCUT2D eigenvalue weighted by molar-refractivity contribution is 7.99. The van der Waals surface area contributed by atoms with Gasteiger partial charge in [-0.05, 0) is 61.4 Å². The first-order chi connectivity index (χ1) is 30.2. The van der Waals surface area contributed by atoms with E-state index in [1.54, 1.807) is 0 Å². The lowest BCUT2D eigenvalue weighted by Crippen LogP contribution is -2.33. The fourth-order valence-corrected chi connectivity index (χ4v) is 11.8. The van der Waals surface area contributed by atoms with E-state index in [9.17, 15) is 0 Å². The van der Waals surface area contributed by atoms with Gasteiger partial charge in [-0.25, -0.2) is 9.97 Å². The minimum absolute atomic E-state index is 0.510. The summed E-state index contributed by atoms with van der Waals surface area (Å²) in [6, 6.07) is 13.1. The zero-order valence-corrected chi connectivity index (χ0v) is 46.9. The van der Waals surface area contributed by atoms with E-state index in [0.717, 1.165) is 73.5 Å². The van der Waals surface area contributed by atoms with Gasteiger partial charge in [0.25, 0.3) is 0 Å². The maximum atomic E-state index is 6.16. The van der Waals surface area contributed by atoms with Gasteiger partial charge in [-0.1, -0.05) is 97.8 Å². The molecule has 0 aromatic carbocycles. The zero-order valence-electron chi connectivity index (χ0n) is 42.1. The Morgan fingerprint density at radius 1 is 0.516 bits per heavy atom. The number of thioether (sulfide) groups is 1. The Morgan fingerprint density at radius 2 is 0.859 bits per heavy atom. The van der Waals surface area contributed by atoms with Gasteiger partial charge in [-0.3, -0.25) is 0 Å². The first kappa shape index (κ1) is 52.9. The maximum absolute atomic E-state index is 6.16. The average Bonchev–Trinajstić information content (AvgIpc) is 3.92. The minimum Gasteiger partial charge on any atom is -0.361 e. The number of nitrogens with zero attached hydrogens (tertiary/aromatic N) is 8. The average molecular weight is 972 g/mol. The van der Waals surface area contributed by atoms with Crippen LogP contribution in [0.2, 0.25) is 103 Å². The molecule has 1 aliphatic heterocycles. The number of hydrogen-bond donors (Lipinski definition) is 0. The molecule has 4 aromatic heterocycles. The maximum Gasteiger partial charge on any atom is 0.157 e. The molecule has 0 amide bonds. The molecule has 4 aromatic rings. The van der Waals surface area contributed by atoms with Gasteiger partial charge in [-0.15, -0.1) is 0 Å². The molecule has 0 bridgehead atoms. The summed E-state index contributed by atoms with van der Waals surface area (Å²) >= 11 is 2.05. The highest BCUT2D eigenvalue weighted by Gasteiger charge is 2.24. The second-order valence-corrected chi connectivity index (χ2v) is 46.7. The molecule has 1 aliphatic carbocycles. The van der Waals surface area contributed by atoms with E-state index in [1.165, 1.54) is 67.8 Å². The molecule has 17 heteroatoms. The molecular formula is C47H86N8O4SSi4. The molecule has 0 atom stereocenters. The van der Waals surface area contributed by atoms with Crippen LogP contribution in [0.4, 0.5) is 11.6 Å². The lowest BCUT2D eigenvalue weighted by Gasteiger charge is -2.28. The van der Waals surface area contributed by atoms with Crippen LogP contribution in [0.1, 0.15) is 68.2 Å². The van der Waals surface area contributed by atoms with Crippen LogP contribution in [0.5, 0.6) is 0 Å². The molecule has 0 unspecified atom stereocenters. The van der Waals surface area contributed by atoms with Crippen LogP contribution >= 0.6 is 11.8 Å². The normalized spacial score (nSPS) is 16.1. The third-order valence-electron chi connectivity index (χ3n) is 12.0. The lowest BCUT2D eigenvalue weighted by atomic mass is 9.87. The van der Waals surface area contributed by atoms with Crippen molar-refractivity contribution >= 4 is 67.0 Å². The Kier molecular flexibility index (Phi) is 20.5. The largest absolute Gasteiger partial charge is 0.361 e. The van der Waals surface area contributed by atoms with Crippen LogP contribution in [0.25, 0.3) is 11.3 Å². The molecule has 1 saturated carbocycles. The Balaban J connectivity index is 0.000000241. The van der Waals surface area contributed by atoms with Crippen molar-refractivity contribution in [2.24, 2.45) is 0 Å². The van der Waals surface area contributed by atoms with E-state index in [-0.39, 0.29) is 0 Å². The Hall–Kier alpha value is -2.10. The highest BCUT2D eigenvalue weighted by Crippen LogP contribution is 2.35. The standard InChI is InChI=1S/C24H44N4O2Si2.C23H42N4O2SSi2/c1-31(2,3)16-14-29-19-27(20-30-15-17-32(4,5)6)24-18-22(21-10-8-7-9-11-21)26-23-12-13-25-28(23)24;1-31(2,3)15-11-28-18-26(19-29-12-16-32(4,5)6)23-17-21(20-8-13-30-14-9-20)25-22-7-10-24-27(22)23/h12-13,18,21H,7-11,14-17,19-20H2,1-6H3;7,10,17,20H,8-9,11-16,18-19H2,1-6H3. The van der Waals surface area contributed by atoms with Gasteiger partial charge in [0, 0.05) is 106 Å². The van der Waals surface area contributed by atoms with Crippen molar-refractivity contribution in [3.8, 4) is 0 Å². The van der Waals surface area contributed by atoms with Crippen LogP contribution in [-0.2, 0) is 18.9 Å². The zero-order chi connectivity index (χ0) is 46.4. The quantitative estimate of drug-likeness (QED) is 0.0381. The number of hydrogen-bond acceptors (Lipinski definition) is 11. The molecular weight excluding hydrogens is 885 g/mol. The van der Waals surface area contributed by atoms with E-state index in [2.05, 4.69) is 122 Å². The molecule has 360 valence electrons. The predicted molar refractivity (Wildman–Crippen MR) is 282 cm³/mol. The Labute approximate surface area is 395 Å². The molecule has 1 saturated heterocycles. The summed E-state index contributed by atoms with van der Waals surface area (Å²) in [7, 11) is -4.50. The predicted octanol–water partition coefficient (Wildman–Crippen LogP) is 12.0. The van der Waals surface area contributed by atoms with Gasteiger partial charge in [0.1, 0.15) is 38.6 Å². The molecule has 6 rings (SSSR count). The minimum atomic E-state index is -1.12. The summed E-state index contributed by atoms with van der Waals surface area (Å²) in [5.74, 6) is 5.56. The number of anilines is 2. The number of rotatable bonds is 24. The third-order valence-corrected chi connectivity index (χ3v) is 19.9. The van der Waals surface area contributed by atoms with E-state index in [1.807, 2.05) is 33.6 Å². The van der Waals surface area contributed by atoms with Gasteiger partial charge in [0.05, 0.1) is 12.4 Å². The molecule has 2 fully saturated rings. The van der Waals surface area contributed by atoms with E-state index >= 15 is 0 Å². The Morgan fingerprint density at radius 3 is 1.20 bits per heavy atom. The van der Waals surface area contributed by atoms with Crippen molar-refractivity contribution in [2.75, 3.05) is 74.7 Å². The molecule has 12 nitrogen and oxygen atoms in total. The lowest BCUT2D eigenvalue weighted by molar-refractivity contribution is 0.0940. The van der Waals surface area contributed by atoms with Crippen molar-refractivity contribution in [1.29, 1.82) is 0 Å². The van der Waals surface area contributed by atoms with Crippen LogP contribution in [0.15, 0.2) is 36.7 Å². The first-order valence-corrected chi connectivity index (χ1v) is 40.3. The monoisotopic (exact) mass is 971 g/mol. The second-order valence-electron chi connectivity index (χ2n) is 23.0. The summed E-state index contributed by atoms with van der Waals surface area (Å²) in [6.45, 7) is 33.9. The summed E-state index contributed by atoms with van der Waals surface area (Å²) in [4.78, 5) is 14.3. The van der Waals surface area contributed by atoms with Gasteiger partial charge >= 0.3 is 0 Å². The smallest absolute Gasteiger partial charge is 0.157 e. The van der Waals surface area contributed by atoms with Gasteiger partial charge in [0.15, 0.2) is 11.3 Å². The van der Waals surface area contributed by atoms with Crippen molar-refractivity contribution in [1.82, 2.24) is 29.2 Å². The first-order valence-electron chi connectivity index (χ1n) is 24.3. The van der Waals surface area contributed by atoms with Gasteiger partial charge < -0.3 is 28.7 Å². The highest BCUT2D eigenvalue weighted by atomic mass is 32.2. The van der Waals surface area contributed by atoms with E-state index in [4.69, 9.17) is 28.9 Å². The molecule has 0 spiro atoms. The fraction of sp³-hybridized carbons (Fsp3) is 0.745. The van der Waals surface area contributed by atoms with Crippen molar-refractivity contribution in [2.45, 2.75) is 160 Å². The summed E-state index contributed by atoms with van der Waals surface area (Å²) in [5, 5.41) is 9.15. The molecule has 0 radical (unpaired) electrons. The number of ether oxygens (including phenoxy) is 4. The van der Waals surface area contributed by atoms with Gasteiger partial charge in [0.2, 0.25) is 0 Å². The Bertz CT molecular complexity index is 1780. The SMILES string of the molecule is C[Si](C)(C)CCOCN(COCC[Si](C)(C)C)c1cc(C2CCCCC2)nc2ccnn12.C[Si](C)(C)CCOCN(COCC[Si](C)(C)C)c1cc(C2CCSCC2)nc2ccnn12. The van der Waals surface area contributed by atoms with E-state index < -0.39 is 32.3 Å². The third kappa shape index (κ3) is 18.5. The van der Waals surface area contributed by atoms with Gasteiger partial charge in [-0.2, -0.15) is 31.0 Å². The number of fused-ring (bicyclic) bond motifs is 2. The molecule has 64 heavy (non-hydrogen) atoms. The van der Waals surface area contributed by atoms with Crippen LogP contribution < -0.4 is 9.80 Å². The molecule has 2 aliphatic rings. The van der Waals surface area contributed by atoms with Crippen molar-refractivity contribution in [3.05, 3.63) is 48.0 Å². The summed E-state index contributed by atoms with van der Waals surface area (Å²) in [6.07, 6.45) is 12.5. The van der Waals surface area contributed by atoms with Crippen molar-refractivity contribution in [3.63, 3.8) is 0 Å².